The first-order valence-electron chi connectivity index (χ1n) is 8.25. The van der Waals surface area contributed by atoms with E-state index in [-0.39, 0.29) is 17.7 Å². The molecule has 4 rings (SSSR count). The first-order valence-corrected chi connectivity index (χ1v) is 8.25. The predicted molar refractivity (Wildman–Crippen MR) is 98.9 cm³/mol. The van der Waals surface area contributed by atoms with Crippen molar-refractivity contribution in [3.8, 4) is 11.6 Å². The Labute approximate surface area is 157 Å². The van der Waals surface area contributed by atoms with Crippen molar-refractivity contribution in [1.82, 2.24) is 15.0 Å². The van der Waals surface area contributed by atoms with Crippen LogP contribution in [0.5, 0.6) is 0 Å². The van der Waals surface area contributed by atoms with Crippen LogP contribution in [0, 0.1) is 6.92 Å². The van der Waals surface area contributed by atoms with Gasteiger partial charge in [0.25, 0.3) is 0 Å². The lowest BCUT2D eigenvalue weighted by Gasteiger charge is -2.09. The van der Waals surface area contributed by atoms with Crippen molar-refractivity contribution in [2.75, 3.05) is 11.1 Å². The number of fused-ring (bicyclic) bond motifs is 1. The summed E-state index contributed by atoms with van der Waals surface area (Å²) in [6.45, 7) is 1.88. The summed E-state index contributed by atoms with van der Waals surface area (Å²) in [5, 5.41) is 3.76. The lowest BCUT2D eigenvalue weighted by atomic mass is 10.1. The maximum Gasteiger partial charge on any atom is 0.416 e. The minimum Gasteiger partial charge on any atom is -0.452 e. The molecule has 142 valence electrons. The number of hydrogen-bond donors (Lipinski definition) is 2. The molecule has 2 aromatic carbocycles. The molecule has 6 nitrogen and oxygen atoms in total. The zero-order chi connectivity index (χ0) is 19.9. The Kier molecular flexibility index (Phi) is 4.14. The van der Waals surface area contributed by atoms with Gasteiger partial charge in [-0.05, 0) is 37.3 Å². The van der Waals surface area contributed by atoms with Gasteiger partial charge in [0.15, 0.2) is 5.76 Å². The van der Waals surface area contributed by atoms with Gasteiger partial charge in [0.05, 0.1) is 5.56 Å². The number of nitrogens with zero attached hydrogens (tertiary/aromatic N) is 3. The maximum atomic E-state index is 12.7. The molecule has 0 bridgehead atoms. The van der Waals surface area contributed by atoms with Gasteiger partial charge in [-0.1, -0.05) is 18.2 Å². The molecule has 3 N–H and O–H groups in total. The molecular weight excluding hydrogens is 371 g/mol. The van der Waals surface area contributed by atoms with Gasteiger partial charge in [-0.3, -0.25) is 0 Å². The summed E-state index contributed by atoms with van der Waals surface area (Å²) in [6, 6.07) is 12.0. The number of para-hydroxylation sites is 1. The van der Waals surface area contributed by atoms with Crippen molar-refractivity contribution in [3.63, 3.8) is 0 Å². The van der Waals surface area contributed by atoms with E-state index in [4.69, 9.17) is 10.2 Å². The average molecular weight is 385 g/mol. The number of hydrogen-bond acceptors (Lipinski definition) is 6. The molecule has 9 heteroatoms. The molecule has 0 aliphatic carbocycles. The van der Waals surface area contributed by atoms with E-state index in [2.05, 4.69) is 20.3 Å². The molecule has 0 amide bonds. The van der Waals surface area contributed by atoms with Crippen LogP contribution < -0.4 is 11.1 Å². The summed E-state index contributed by atoms with van der Waals surface area (Å²) in [5.74, 6) is 0.739. The van der Waals surface area contributed by atoms with Gasteiger partial charge in [-0.25, -0.2) is 0 Å². The number of benzene rings is 2. The Morgan fingerprint density at radius 1 is 0.964 bits per heavy atom. The lowest BCUT2D eigenvalue weighted by molar-refractivity contribution is -0.137. The quantitative estimate of drug-likeness (QED) is 0.519. The molecule has 0 saturated heterocycles. The van der Waals surface area contributed by atoms with Gasteiger partial charge in [0.1, 0.15) is 5.58 Å². The molecule has 0 saturated carbocycles. The summed E-state index contributed by atoms with van der Waals surface area (Å²) >= 11 is 0. The summed E-state index contributed by atoms with van der Waals surface area (Å²) in [5.41, 5.74) is 6.96. The molecule has 4 aromatic rings. The topological polar surface area (TPSA) is 89.9 Å². The minimum atomic E-state index is -4.40. The third kappa shape index (κ3) is 3.34. The second kappa shape index (κ2) is 6.52. The maximum absolute atomic E-state index is 12.7. The molecule has 2 aromatic heterocycles. The van der Waals surface area contributed by atoms with Crippen LogP contribution >= 0.6 is 0 Å². The lowest BCUT2D eigenvalue weighted by Crippen LogP contribution is -2.06. The van der Waals surface area contributed by atoms with Crippen molar-refractivity contribution in [1.29, 1.82) is 0 Å². The molecular formula is C19H14F3N5O. The zero-order valence-corrected chi connectivity index (χ0v) is 14.6. The highest BCUT2D eigenvalue weighted by Gasteiger charge is 2.30. The van der Waals surface area contributed by atoms with Crippen molar-refractivity contribution < 1.29 is 17.6 Å². The number of aryl methyl sites for hydroxylation is 1. The largest absolute Gasteiger partial charge is 0.452 e. The number of anilines is 3. The first-order chi connectivity index (χ1) is 13.3. The van der Waals surface area contributed by atoms with Crippen LogP contribution in [0.3, 0.4) is 0 Å². The molecule has 0 aliphatic rings. The number of aromatic nitrogens is 3. The summed E-state index contributed by atoms with van der Waals surface area (Å²) < 4.78 is 43.9. The fraction of sp³-hybridized carbons (Fsp3) is 0.105. The van der Waals surface area contributed by atoms with E-state index in [1.54, 1.807) is 0 Å². The Morgan fingerprint density at radius 3 is 2.36 bits per heavy atom. The van der Waals surface area contributed by atoms with Crippen molar-refractivity contribution in [2.24, 2.45) is 0 Å². The van der Waals surface area contributed by atoms with E-state index >= 15 is 0 Å². The highest BCUT2D eigenvalue weighted by molar-refractivity contribution is 5.86. The van der Waals surface area contributed by atoms with Crippen LogP contribution in [-0.4, -0.2) is 15.0 Å². The molecule has 2 heterocycles. The number of rotatable bonds is 3. The van der Waals surface area contributed by atoms with Crippen LogP contribution in [0.4, 0.5) is 30.8 Å². The first kappa shape index (κ1) is 17.8. The SMILES string of the molecule is Cc1c(-c2nc(N)nc(Nc3ccc(C(F)(F)F)cc3)n2)oc2ccccc12. The smallest absolute Gasteiger partial charge is 0.416 e. The van der Waals surface area contributed by atoms with Gasteiger partial charge < -0.3 is 15.5 Å². The Hall–Kier alpha value is -3.62. The highest BCUT2D eigenvalue weighted by atomic mass is 19.4. The third-order valence-electron chi connectivity index (χ3n) is 4.17. The van der Waals surface area contributed by atoms with Crippen LogP contribution in [0.1, 0.15) is 11.1 Å². The monoisotopic (exact) mass is 385 g/mol. The van der Waals surface area contributed by atoms with Crippen LogP contribution in [-0.2, 0) is 6.18 Å². The highest BCUT2D eigenvalue weighted by Crippen LogP contribution is 2.32. The second-order valence-electron chi connectivity index (χ2n) is 6.09. The van der Waals surface area contributed by atoms with Crippen molar-refractivity contribution >= 4 is 28.6 Å². The fourth-order valence-electron chi connectivity index (χ4n) is 2.81. The molecule has 0 unspecified atom stereocenters. The van der Waals surface area contributed by atoms with E-state index in [1.165, 1.54) is 12.1 Å². The summed E-state index contributed by atoms with van der Waals surface area (Å²) in [6.07, 6.45) is -4.40. The standard InChI is InChI=1S/C19H14F3N5O/c1-10-13-4-2-3-5-14(13)28-15(10)16-25-17(23)27-18(26-16)24-12-8-6-11(7-9-12)19(20,21)22/h2-9H,1H3,(H3,23,24,25,26,27). The molecule has 0 fully saturated rings. The van der Waals surface area contributed by atoms with E-state index in [0.717, 1.165) is 23.1 Å². The van der Waals surface area contributed by atoms with E-state index in [9.17, 15) is 13.2 Å². The number of nitrogens with two attached hydrogens (primary N) is 1. The number of alkyl halides is 3. The van der Waals surface area contributed by atoms with Gasteiger partial charge >= 0.3 is 6.18 Å². The van der Waals surface area contributed by atoms with Gasteiger partial charge in [-0.2, -0.15) is 28.1 Å². The van der Waals surface area contributed by atoms with Gasteiger partial charge in [0.2, 0.25) is 17.7 Å². The van der Waals surface area contributed by atoms with E-state index < -0.39 is 11.7 Å². The molecule has 28 heavy (non-hydrogen) atoms. The Morgan fingerprint density at radius 2 is 1.68 bits per heavy atom. The number of furan rings is 1. The molecule has 0 atom stereocenters. The second-order valence-corrected chi connectivity index (χ2v) is 6.09. The minimum absolute atomic E-state index is 0.0423. The van der Waals surface area contributed by atoms with E-state index in [0.29, 0.717) is 17.0 Å². The third-order valence-corrected chi connectivity index (χ3v) is 4.17. The number of halogens is 3. The van der Waals surface area contributed by atoms with Crippen LogP contribution in [0.15, 0.2) is 52.9 Å². The van der Waals surface area contributed by atoms with Crippen molar-refractivity contribution in [3.05, 3.63) is 59.7 Å². The summed E-state index contributed by atoms with van der Waals surface area (Å²) in [4.78, 5) is 12.4. The molecule has 0 radical (unpaired) electrons. The van der Waals surface area contributed by atoms with Gasteiger partial charge in [-0.15, -0.1) is 0 Å². The van der Waals surface area contributed by atoms with Crippen LogP contribution in [0.25, 0.3) is 22.6 Å². The predicted octanol–water partition coefficient (Wildman–Crippen LogP) is 4.94. The Bertz CT molecular complexity index is 1150. The number of nitrogens with one attached hydrogen (secondary N) is 1. The molecule has 0 spiro atoms. The Balaban J connectivity index is 1.68. The fourth-order valence-corrected chi connectivity index (χ4v) is 2.81. The van der Waals surface area contributed by atoms with Gasteiger partial charge in [0, 0.05) is 16.6 Å². The molecule has 0 aliphatic heterocycles. The average Bonchev–Trinajstić information content (AvgIpc) is 2.98. The van der Waals surface area contributed by atoms with Crippen molar-refractivity contribution in [2.45, 2.75) is 13.1 Å². The number of nitrogen functional groups attached to an aromatic ring is 1. The zero-order valence-electron chi connectivity index (χ0n) is 14.6. The normalized spacial score (nSPS) is 11.7. The summed E-state index contributed by atoms with van der Waals surface area (Å²) in [7, 11) is 0. The van der Waals surface area contributed by atoms with E-state index in [1.807, 2.05) is 31.2 Å². The van der Waals surface area contributed by atoms with Crippen LogP contribution in [0.2, 0.25) is 0 Å².